The minimum Gasteiger partial charge on any atom is -0.302 e. The quantitative estimate of drug-likeness (QED) is 0.889. The Morgan fingerprint density at radius 2 is 2.26 bits per heavy atom. The van der Waals surface area contributed by atoms with Gasteiger partial charge >= 0.3 is 0 Å². The van der Waals surface area contributed by atoms with Gasteiger partial charge in [0.15, 0.2) is 0 Å². The van der Waals surface area contributed by atoms with Crippen LogP contribution in [-0.2, 0) is 10.0 Å². The lowest BCUT2D eigenvalue weighted by Crippen LogP contribution is -2.38. The molecule has 4 nitrogen and oxygen atoms in total. The van der Waals surface area contributed by atoms with Crippen molar-refractivity contribution in [2.75, 3.05) is 20.1 Å². The lowest BCUT2D eigenvalue weighted by Gasteiger charge is -2.19. The Hall–Kier alpha value is -0.140. The van der Waals surface area contributed by atoms with Gasteiger partial charge in [0.1, 0.15) is 0 Å². The zero-order valence-corrected chi connectivity index (χ0v) is 13.7. The molecule has 1 N–H and O–H groups in total. The second-order valence-corrected chi connectivity index (χ2v) is 7.73. The molecule has 1 atom stereocenters. The number of likely N-dealkylation sites (N-methyl/N-ethyl adjacent to an activating group) is 1. The summed E-state index contributed by atoms with van der Waals surface area (Å²) >= 11 is 9.09. The SMILES string of the molecule is CN1CCCC1CNS(=O)(=O)c1ccc(Cl)c(Br)c1. The first-order valence-electron chi connectivity index (χ1n) is 6.05. The smallest absolute Gasteiger partial charge is 0.240 e. The van der Waals surface area contributed by atoms with Gasteiger partial charge in [-0.1, -0.05) is 11.6 Å². The summed E-state index contributed by atoms with van der Waals surface area (Å²) in [5.41, 5.74) is 0. The molecule has 0 aliphatic carbocycles. The first-order chi connectivity index (χ1) is 8.90. The fraction of sp³-hybridized carbons (Fsp3) is 0.500. The summed E-state index contributed by atoms with van der Waals surface area (Å²) in [7, 11) is -1.46. The molecule has 1 aromatic rings. The van der Waals surface area contributed by atoms with Crippen LogP contribution >= 0.6 is 27.5 Å². The van der Waals surface area contributed by atoms with E-state index in [2.05, 4.69) is 25.6 Å². The fourth-order valence-electron chi connectivity index (χ4n) is 2.17. The predicted molar refractivity (Wildman–Crippen MR) is 80.0 cm³/mol. The lowest BCUT2D eigenvalue weighted by atomic mass is 10.2. The molecule has 0 amide bonds. The molecule has 0 bridgehead atoms. The van der Waals surface area contributed by atoms with Crippen LogP contribution in [0.4, 0.5) is 0 Å². The number of sulfonamides is 1. The molecular weight excluding hydrogens is 352 g/mol. The topological polar surface area (TPSA) is 49.4 Å². The van der Waals surface area contributed by atoms with Crippen molar-refractivity contribution < 1.29 is 8.42 Å². The van der Waals surface area contributed by atoms with Gasteiger partial charge in [-0.05, 0) is 60.6 Å². The highest BCUT2D eigenvalue weighted by molar-refractivity contribution is 9.10. The molecule has 2 rings (SSSR count). The standard InChI is InChI=1S/C12H16BrClN2O2S/c1-16-6-2-3-9(16)8-15-19(17,18)10-4-5-12(14)11(13)7-10/h4-5,7,9,15H,2-3,6,8H2,1H3. The number of nitrogens with one attached hydrogen (secondary N) is 1. The van der Waals surface area contributed by atoms with Crippen molar-refractivity contribution >= 4 is 37.6 Å². The molecule has 106 valence electrons. The minimum absolute atomic E-state index is 0.226. The van der Waals surface area contributed by atoms with Crippen LogP contribution in [0.15, 0.2) is 27.6 Å². The third-order valence-electron chi connectivity index (χ3n) is 3.38. The van der Waals surface area contributed by atoms with Crippen molar-refractivity contribution in [3.05, 3.63) is 27.7 Å². The predicted octanol–water partition coefficient (Wildman–Crippen LogP) is 2.48. The van der Waals surface area contributed by atoms with E-state index in [9.17, 15) is 8.42 Å². The van der Waals surface area contributed by atoms with Crippen molar-refractivity contribution in [3.63, 3.8) is 0 Å². The maximum Gasteiger partial charge on any atom is 0.240 e. The Bertz CT molecular complexity index is 565. The summed E-state index contributed by atoms with van der Waals surface area (Å²) in [4.78, 5) is 2.41. The molecular formula is C12H16BrClN2O2S. The molecule has 1 aliphatic rings. The number of hydrogen-bond donors (Lipinski definition) is 1. The molecule has 1 heterocycles. The first-order valence-corrected chi connectivity index (χ1v) is 8.70. The van der Waals surface area contributed by atoms with Gasteiger partial charge in [0.05, 0.1) is 9.92 Å². The zero-order valence-electron chi connectivity index (χ0n) is 10.6. The Kier molecular flexibility index (Phi) is 4.89. The zero-order chi connectivity index (χ0) is 14.0. The van der Waals surface area contributed by atoms with E-state index in [1.165, 1.54) is 12.1 Å². The average Bonchev–Trinajstić information content (AvgIpc) is 2.76. The van der Waals surface area contributed by atoms with Crippen molar-refractivity contribution in [2.24, 2.45) is 0 Å². The van der Waals surface area contributed by atoms with E-state index in [1.54, 1.807) is 6.07 Å². The van der Waals surface area contributed by atoms with Crippen LogP contribution in [0.5, 0.6) is 0 Å². The van der Waals surface area contributed by atoms with Crippen molar-refractivity contribution in [2.45, 2.75) is 23.8 Å². The normalized spacial score (nSPS) is 20.9. The first kappa shape index (κ1) is 15.3. The highest BCUT2D eigenvalue weighted by atomic mass is 79.9. The maximum absolute atomic E-state index is 12.2. The van der Waals surface area contributed by atoms with E-state index in [1.807, 2.05) is 7.05 Å². The molecule has 1 fully saturated rings. The van der Waals surface area contributed by atoms with Gasteiger partial charge in [0.25, 0.3) is 0 Å². The summed E-state index contributed by atoms with van der Waals surface area (Å²) in [6.07, 6.45) is 2.15. The number of rotatable bonds is 4. The number of benzene rings is 1. The van der Waals surface area contributed by atoms with Gasteiger partial charge in [0.2, 0.25) is 10.0 Å². The van der Waals surface area contributed by atoms with Crippen LogP contribution in [0.1, 0.15) is 12.8 Å². The van der Waals surface area contributed by atoms with E-state index in [4.69, 9.17) is 11.6 Å². The Labute approximate surface area is 127 Å². The number of nitrogens with zero attached hydrogens (tertiary/aromatic N) is 1. The third kappa shape index (κ3) is 3.70. The molecule has 0 spiro atoms. The van der Waals surface area contributed by atoms with Crippen molar-refractivity contribution in [3.8, 4) is 0 Å². The van der Waals surface area contributed by atoms with Crippen molar-refractivity contribution in [1.29, 1.82) is 0 Å². The van der Waals surface area contributed by atoms with E-state index in [-0.39, 0.29) is 10.9 Å². The van der Waals surface area contributed by atoms with Crippen LogP contribution in [0, 0.1) is 0 Å². The second-order valence-electron chi connectivity index (χ2n) is 4.70. The number of likely N-dealkylation sites (tertiary alicyclic amines) is 1. The largest absolute Gasteiger partial charge is 0.302 e. The van der Waals surface area contributed by atoms with Gasteiger partial charge in [-0.15, -0.1) is 0 Å². The summed E-state index contributed by atoms with van der Waals surface area (Å²) in [6.45, 7) is 1.47. The summed E-state index contributed by atoms with van der Waals surface area (Å²) in [6, 6.07) is 4.88. The third-order valence-corrected chi connectivity index (χ3v) is 6.02. The summed E-state index contributed by atoms with van der Waals surface area (Å²) in [5.74, 6) is 0. The Morgan fingerprint density at radius 1 is 1.53 bits per heavy atom. The highest BCUT2D eigenvalue weighted by Crippen LogP contribution is 2.25. The molecule has 7 heteroatoms. The van der Waals surface area contributed by atoms with Gasteiger partial charge in [0, 0.05) is 17.1 Å². The lowest BCUT2D eigenvalue weighted by molar-refractivity contribution is 0.311. The fourth-order valence-corrected chi connectivity index (χ4v) is 3.92. The monoisotopic (exact) mass is 366 g/mol. The van der Waals surface area contributed by atoms with Gasteiger partial charge < -0.3 is 4.90 Å². The maximum atomic E-state index is 12.2. The Morgan fingerprint density at radius 3 is 2.84 bits per heavy atom. The van der Waals surface area contributed by atoms with Gasteiger partial charge in [-0.2, -0.15) is 0 Å². The van der Waals surface area contributed by atoms with Crippen LogP contribution in [0.2, 0.25) is 5.02 Å². The van der Waals surface area contributed by atoms with E-state index in [0.717, 1.165) is 19.4 Å². The summed E-state index contributed by atoms with van der Waals surface area (Å²) < 4.78 is 27.6. The highest BCUT2D eigenvalue weighted by Gasteiger charge is 2.23. The van der Waals surface area contributed by atoms with Crippen LogP contribution < -0.4 is 4.72 Å². The molecule has 1 saturated heterocycles. The second kappa shape index (κ2) is 6.10. The molecule has 0 radical (unpaired) electrons. The molecule has 1 aliphatic heterocycles. The van der Waals surface area contributed by atoms with Crippen LogP contribution in [0.25, 0.3) is 0 Å². The van der Waals surface area contributed by atoms with Crippen molar-refractivity contribution in [1.82, 2.24) is 9.62 Å². The minimum atomic E-state index is -3.48. The summed E-state index contributed by atoms with van der Waals surface area (Å²) in [5, 5.41) is 0.495. The Balaban J connectivity index is 2.07. The van der Waals surface area contributed by atoms with E-state index < -0.39 is 10.0 Å². The molecule has 1 unspecified atom stereocenters. The molecule has 19 heavy (non-hydrogen) atoms. The van der Waals surface area contributed by atoms with Gasteiger partial charge in [-0.3, -0.25) is 0 Å². The average molecular weight is 368 g/mol. The van der Waals surface area contributed by atoms with Crippen LogP contribution in [-0.4, -0.2) is 39.5 Å². The molecule has 0 aromatic heterocycles. The molecule has 0 saturated carbocycles. The molecule has 1 aromatic carbocycles. The number of hydrogen-bond acceptors (Lipinski definition) is 3. The number of halogens is 2. The van der Waals surface area contributed by atoms with Crippen LogP contribution in [0.3, 0.4) is 0 Å². The van der Waals surface area contributed by atoms with E-state index >= 15 is 0 Å². The van der Waals surface area contributed by atoms with E-state index in [0.29, 0.717) is 16.0 Å². The van der Waals surface area contributed by atoms with Gasteiger partial charge in [-0.25, -0.2) is 13.1 Å².